The van der Waals surface area contributed by atoms with Gasteiger partial charge in [-0.2, -0.15) is 13.5 Å². The topological polar surface area (TPSA) is 55.1 Å². The summed E-state index contributed by atoms with van der Waals surface area (Å²) in [6.45, 7) is 2.67. The summed E-state index contributed by atoms with van der Waals surface area (Å²) in [7, 11) is 0. The van der Waals surface area contributed by atoms with Crippen LogP contribution in [-0.4, -0.2) is 18.5 Å². The lowest BCUT2D eigenvalue weighted by Gasteiger charge is -2.13. The van der Waals surface area contributed by atoms with E-state index in [-0.39, 0.29) is 25.4 Å². The van der Waals surface area contributed by atoms with Crippen LogP contribution in [0, 0.1) is 0 Å². The minimum Gasteiger partial charge on any atom is -0.350 e. The van der Waals surface area contributed by atoms with Crippen molar-refractivity contribution in [2.45, 2.75) is 32.2 Å². The van der Waals surface area contributed by atoms with E-state index in [0.29, 0.717) is 22.2 Å². The van der Waals surface area contributed by atoms with E-state index in [1.165, 1.54) is 0 Å². The molecule has 0 saturated carbocycles. The Morgan fingerprint density at radius 3 is 2.58 bits per heavy atom. The summed E-state index contributed by atoms with van der Waals surface area (Å²) in [6.07, 6.45) is 2.91. The van der Waals surface area contributed by atoms with E-state index < -0.39 is 0 Å². The van der Waals surface area contributed by atoms with Gasteiger partial charge in [0.1, 0.15) is 0 Å². The standard InChI is InChI=1S/C13H18Cl2N2O.H2S/c1-9(4-2-3-7-16)17-13(18)10-5-6-11(14)12(15)8-10;/h5-6,8-9H,2-4,7,16H2,1H3,(H,17,18);1H2/t9-;/m0./s1. The van der Waals surface area contributed by atoms with E-state index in [1.54, 1.807) is 18.2 Å². The number of hydrogen-bond acceptors (Lipinski definition) is 2. The lowest BCUT2D eigenvalue weighted by Crippen LogP contribution is -2.32. The summed E-state index contributed by atoms with van der Waals surface area (Å²) < 4.78 is 0. The molecule has 0 saturated heterocycles. The van der Waals surface area contributed by atoms with Gasteiger partial charge in [-0.05, 0) is 44.5 Å². The highest BCUT2D eigenvalue weighted by atomic mass is 35.5. The molecule has 0 heterocycles. The number of amides is 1. The van der Waals surface area contributed by atoms with Gasteiger partial charge in [0.2, 0.25) is 0 Å². The van der Waals surface area contributed by atoms with Crippen LogP contribution in [-0.2, 0) is 0 Å². The van der Waals surface area contributed by atoms with Gasteiger partial charge in [-0.1, -0.05) is 29.6 Å². The van der Waals surface area contributed by atoms with Crippen molar-refractivity contribution in [3.05, 3.63) is 33.8 Å². The molecular weight excluding hydrogens is 303 g/mol. The molecule has 1 amide bonds. The fourth-order valence-electron chi connectivity index (χ4n) is 1.61. The van der Waals surface area contributed by atoms with Crippen LogP contribution in [0.25, 0.3) is 0 Å². The first-order chi connectivity index (χ1) is 8.54. The van der Waals surface area contributed by atoms with Crippen LogP contribution in [0.15, 0.2) is 18.2 Å². The van der Waals surface area contributed by atoms with Gasteiger partial charge in [-0.25, -0.2) is 0 Å². The van der Waals surface area contributed by atoms with Gasteiger partial charge in [0.15, 0.2) is 0 Å². The predicted molar refractivity (Wildman–Crippen MR) is 86.7 cm³/mol. The summed E-state index contributed by atoms with van der Waals surface area (Å²) in [5.74, 6) is -0.131. The number of nitrogens with two attached hydrogens (primary N) is 1. The number of unbranched alkanes of at least 4 members (excludes halogenated alkanes) is 1. The first kappa shape index (κ1) is 18.6. The third kappa shape index (κ3) is 6.52. The third-order valence-corrected chi connectivity index (χ3v) is 3.39. The molecule has 6 heteroatoms. The molecule has 19 heavy (non-hydrogen) atoms. The van der Waals surface area contributed by atoms with Crippen molar-refractivity contribution in [1.82, 2.24) is 5.32 Å². The zero-order valence-corrected chi connectivity index (χ0v) is 13.4. The predicted octanol–water partition coefficient (Wildman–Crippen LogP) is 3.35. The first-order valence-corrected chi connectivity index (χ1v) is 6.76. The van der Waals surface area contributed by atoms with Crippen molar-refractivity contribution in [1.29, 1.82) is 0 Å². The smallest absolute Gasteiger partial charge is 0.251 e. The third-order valence-electron chi connectivity index (χ3n) is 2.65. The second-order valence-electron chi connectivity index (χ2n) is 4.29. The lowest BCUT2D eigenvalue weighted by molar-refractivity contribution is 0.0938. The van der Waals surface area contributed by atoms with E-state index in [1.807, 2.05) is 6.92 Å². The minimum absolute atomic E-state index is 0. The summed E-state index contributed by atoms with van der Waals surface area (Å²) >= 11 is 11.7. The largest absolute Gasteiger partial charge is 0.350 e. The van der Waals surface area contributed by atoms with Crippen LogP contribution in [0.3, 0.4) is 0 Å². The first-order valence-electron chi connectivity index (χ1n) is 6.00. The number of rotatable bonds is 6. The SMILES string of the molecule is C[C@@H](CCCCN)NC(=O)c1ccc(Cl)c(Cl)c1.S. The van der Waals surface area contributed by atoms with Crippen molar-refractivity contribution in [2.24, 2.45) is 5.73 Å². The Balaban J connectivity index is 0.00000324. The Hall–Kier alpha value is -0.420. The monoisotopic (exact) mass is 322 g/mol. The van der Waals surface area contributed by atoms with E-state index in [0.717, 1.165) is 19.3 Å². The molecule has 3 N–H and O–H groups in total. The molecule has 1 aromatic carbocycles. The van der Waals surface area contributed by atoms with E-state index in [4.69, 9.17) is 28.9 Å². The van der Waals surface area contributed by atoms with Crippen molar-refractivity contribution in [3.8, 4) is 0 Å². The Labute approximate surface area is 131 Å². The highest BCUT2D eigenvalue weighted by molar-refractivity contribution is 7.59. The van der Waals surface area contributed by atoms with Crippen LogP contribution in [0.5, 0.6) is 0 Å². The summed E-state index contributed by atoms with van der Waals surface area (Å²) in [5.41, 5.74) is 5.95. The number of carbonyl (C=O) groups is 1. The van der Waals surface area contributed by atoms with Crippen molar-refractivity contribution < 1.29 is 4.79 Å². The number of hydrogen-bond donors (Lipinski definition) is 2. The minimum atomic E-state index is -0.131. The zero-order chi connectivity index (χ0) is 13.5. The van der Waals surface area contributed by atoms with Crippen LogP contribution >= 0.6 is 36.7 Å². The molecule has 0 spiro atoms. The summed E-state index contributed by atoms with van der Waals surface area (Å²) in [6, 6.07) is 4.98. The Morgan fingerprint density at radius 2 is 2.00 bits per heavy atom. The average molecular weight is 323 g/mol. The highest BCUT2D eigenvalue weighted by Gasteiger charge is 2.10. The summed E-state index contributed by atoms with van der Waals surface area (Å²) in [5, 5.41) is 3.76. The number of carbonyl (C=O) groups excluding carboxylic acids is 1. The van der Waals surface area contributed by atoms with Gasteiger partial charge in [-0.3, -0.25) is 4.79 Å². The highest BCUT2D eigenvalue weighted by Crippen LogP contribution is 2.22. The van der Waals surface area contributed by atoms with Gasteiger partial charge >= 0.3 is 0 Å². The Bertz CT molecular complexity index is 416. The van der Waals surface area contributed by atoms with Crippen LogP contribution in [0.4, 0.5) is 0 Å². The van der Waals surface area contributed by atoms with Crippen LogP contribution in [0.1, 0.15) is 36.5 Å². The zero-order valence-electron chi connectivity index (χ0n) is 10.9. The molecule has 0 fully saturated rings. The number of benzene rings is 1. The second kappa shape index (κ2) is 9.48. The molecule has 1 atom stereocenters. The lowest BCUT2D eigenvalue weighted by atomic mass is 10.1. The van der Waals surface area contributed by atoms with Gasteiger partial charge < -0.3 is 11.1 Å². The molecule has 0 aliphatic rings. The molecular formula is C13H20Cl2N2OS. The number of nitrogens with one attached hydrogen (secondary N) is 1. The molecule has 0 bridgehead atoms. The van der Waals surface area contributed by atoms with Crippen molar-refractivity contribution in [3.63, 3.8) is 0 Å². The molecule has 0 aliphatic carbocycles. The number of halogens is 2. The van der Waals surface area contributed by atoms with Gasteiger partial charge in [0, 0.05) is 11.6 Å². The van der Waals surface area contributed by atoms with Gasteiger partial charge in [0.25, 0.3) is 5.91 Å². The molecule has 0 aliphatic heterocycles. The fraction of sp³-hybridized carbons (Fsp3) is 0.462. The maximum Gasteiger partial charge on any atom is 0.251 e. The molecule has 1 aromatic rings. The Morgan fingerprint density at radius 1 is 1.32 bits per heavy atom. The molecule has 0 unspecified atom stereocenters. The molecule has 0 radical (unpaired) electrons. The van der Waals surface area contributed by atoms with Crippen LogP contribution < -0.4 is 11.1 Å². The van der Waals surface area contributed by atoms with E-state index in [2.05, 4.69) is 5.32 Å². The van der Waals surface area contributed by atoms with Crippen molar-refractivity contribution >= 4 is 42.6 Å². The van der Waals surface area contributed by atoms with E-state index in [9.17, 15) is 4.79 Å². The average Bonchev–Trinajstić information content (AvgIpc) is 2.33. The quantitative estimate of drug-likeness (QED) is 0.789. The summed E-state index contributed by atoms with van der Waals surface area (Å²) in [4.78, 5) is 11.9. The second-order valence-corrected chi connectivity index (χ2v) is 5.10. The molecule has 3 nitrogen and oxygen atoms in total. The van der Waals surface area contributed by atoms with Crippen molar-refractivity contribution in [2.75, 3.05) is 6.54 Å². The van der Waals surface area contributed by atoms with Crippen LogP contribution in [0.2, 0.25) is 10.0 Å². The Kier molecular flexibility index (Phi) is 9.27. The van der Waals surface area contributed by atoms with Gasteiger partial charge in [-0.15, -0.1) is 0 Å². The molecule has 0 aromatic heterocycles. The molecule has 108 valence electrons. The van der Waals surface area contributed by atoms with E-state index >= 15 is 0 Å². The maximum absolute atomic E-state index is 11.9. The molecule has 1 rings (SSSR count). The normalized spacial score (nSPS) is 11.6. The maximum atomic E-state index is 11.9. The van der Waals surface area contributed by atoms with Gasteiger partial charge in [0.05, 0.1) is 10.0 Å². The fourth-order valence-corrected chi connectivity index (χ4v) is 1.91.